The summed E-state index contributed by atoms with van der Waals surface area (Å²) in [4.78, 5) is 3.91. The van der Waals surface area contributed by atoms with Gasteiger partial charge in [-0.1, -0.05) is 12.1 Å². The first kappa shape index (κ1) is 11.3. The number of nitrogens with zero attached hydrogens (tertiary/aromatic N) is 1. The third-order valence-corrected chi connectivity index (χ3v) is 2.31. The highest BCUT2D eigenvalue weighted by Crippen LogP contribution is 2.32. The highest BCUT2D eigenvalue weighted by molar-refractivity contribution is 5.72. The Hall–Kier alpha value is -2.17. The van der Waals surface area contributed by atoms with Gasteiger partial charge in [0.15, 0.2) is 11.6 Å². The number of halogens is 2. The van der Waals surface area contributed by atoms with Crippen molar-refractivity contribution in [2.24, 2.45) is 0 Å². The zero-order valence-corrected chi connectivity index (χ0v) is 9.08. The van der Waals surface area contributed by atoms with Crippen LogP contribution in [0.2, 0.25) is 0 Å². The van der Waals surface area contributed by atoms with Crippen molar-refractivity contribution < 1.29 is 13.5 Å². The Labute approximate surface area is 96.9 Å². The molecule has 17 heavy (non-hydrogen) atoms. The fourth-order valence-electron chi connectivity index (χ4n) is 1.54. The minimum Gasteiger partial charge on any atom is -0.481 e. The summed E-state index contributed by atoms with van der Waals surface area (Å²) in [7, 11) is 1.40. The molecule has 0 bridgehead atoms. The maximum absolute atomic E-state index is 13.6. The van der Waals surface area contributed by atoms with Crippen LogP contribution in [0, 0.1) is 11.6 Å². The van der Waals surface area contributed by atoms with E-state index in [0.717, 1.165) is 6.07 Å². The van der Waals surface area contributed by atoms with Crippen LogP contribution in [-0.2, 0) is 0 Å². The molecule has 2 N–H and O–H groups in total. The summed E-state index contributed by atoms with van der Waals surface area (Å²) in [6, 6.07) is 5.39. The predicted molar refractivity (Wildman–Crippen MR) is 60.6 cm³/mol. The average Bonchev–Trinajstić information content (AvgIpc) is 2.33. The molecule has 0 aliphatic carbocycles. The summed E-state index contributed by atoms with van der Waals surface area (Å²) in [6.07, 6.45) is 1.39. The van der Waals surface area contributed by atoms with E-state index < -0.39 is 11.6 Å². The number of benzene rings is 1. The number of nitrogens with two attached hydrogens (primary N) is 1. The Kier molecular flexibility index (Phi) is 2.91. The van der Waals surface area contributed by atoms with Crippen LogP contribution in [0.15, 0.2) is 30.5 Å². The van der Waals surface area contributed by atoms with Gasteiger partial charge in [0.25, 0.3) is 0 Å². The summed E-state index contributed by atoms with van der Waals surface area (Å²) in [6.45, 7) is 0. The van der Waals surface area contributed by atoms with Gasteiger partial charge in [-0.3, -0.25) is 0 Å². The van der Waals surface area contributed by atoms with Crippen LogP contribution < -0.4 is 10.5 Å². The van der Waals surface area contributed by atoms with Crippen molar-refractivity contribution in [2.45, 2.75) is 0 Å². The molecule has 0 atom stereocenters. The molecule has 0 fully saturated rings. The molecule has 1 aromatic heterocycles. The first-order chi connectivity index (χ1) is 8.13. The summed E-state index contributed by atoms with van der Waals surface area (Å²) >= 11 is 0. The topological polar surface area (TPSA) is 48.1 Å². The Bertz CT molecular complexity index is 558. The highest BCUT2D eigenvalue weighted by atomic mass is 19.2. The van der Waals surface area contributed by atoms with Gasteiger partial charge >= 0.3 is 0 Å². The van der Waals surface area contributed by atoms with Gasteiger partial charge in [0.2, 0.25) is 5.88 Å². The van der Waals surface area contributed by atoms with Crippen molar-refractivity contribution >= 4 is 5.69 Å². The molecular weight excluding hydrogens is 226 g/mol. The summed E-state index contributed by atoms with van der Waals surface area (Å²) < 4.78 is 31.8. The van der Waals surface area contributed by atoms with Gasteiger partial charge in [0.1, 0.15) is 0 Å². The SMILES string of the molecule is COc1ncc(N)cc1-c1cccc(F)c1F. The number of hydrogen-bond acceptors (Lipinski definition) is 3. The van der Waals surface area contributed by atoms with Gasteiger partial charge < -0.3 is 10.5 Å². The third-order valence-electron chi connectivity index (χ3n) is 2.31. The molecule has 5 heteroatoms. The van der Waals surface area contributed by atoms with Crippen molar-refractivity contribution in [2.75, 3.05) is 12.8 Å². The molecule has 3 nitrogen and oxygen atoms in total. The van der Waals surface area contributed by atoms with E-state index in [1.54, 1.807) is 0 Å². The van der Waals surface area contributed by atoms with Crippen LogP contribution in [0.5, 0.6) is 5.88 Å². The number of hydrogen-bond donors (Lipinski definition) is 1. The van der Waals surface area contributed by atoms with Crippen molar-refractivity contribution in [1.29, 1.82) is 0 Å². The van der Waals surface area contributed by atoms with Crippen molar-refractivity contribution in [1.82, 2.24) is 4.98 Å². The smallest absolute Gasteiger partial charge is 0.221 e. The molecule has 0 saturated carbocycles. The number of aromatic nitrogens is 1. The number of pyridine rings is 1. The number of ether oxygens (including phenoxy) is 1. The number of rotatable bonds is 2. The standard InChI is InChI=1S/C12H10F2N2O/c1-17-12-9(5-7(15)6-16-12)8-3-2-4-10(13)11(8)14/h2-6H,15H2,1H3. The predicted octanol–water partition coefficient (Wildman–Crippen LogP) is 2.62. The molecular formula is C12H10F2N2O. The largest absolute Gasteiger partial charge is 0.481 e. The lowest BCUT2D eigenvalue weighted by Crippen LogP contribution is -1.97. The fourth-order valence-corrected chi connectivity index (χ4v) is 1.54. The Balaban J connectivity index is 2.67. The lowest BCUT2D eigenvalue weighted by Gasteiger charge is -2.09. The Morgan fingerprint density at radius 3 is 2.71 bits per heavy atom. The fraction of sp³-hybridized carbons (Fsp3) is 0.0833. The second kappa shape index (κ2) is 4.37. The van der Waals surface area contributed by atoms with Gasteiger partial charge in [0, 0.05) is 11.1 Å². The molecule has 1 aromatic carbocycles. The molecule has 0 saturated heterocycles. The van der Waals surface area contributed by atoms with E-state index in [9.17, 15) is 8.78 Å². The first-order valence-electron chi connectivity index (χ1n) is 4.87. The minimum absolute atomic E-state index is 0.0710. The average molecular weight is 236 g/mol. The molecule has 0 aliphatic rings. The molecule has 2 rings (SSSR count). The molecule has 88 valence electrons. The zero-order valence-electron chi connectivity index (χ0n) is 9.08. The van der Waals surface area contributed by atoms with Crippen LogP contribution >= 0.6 is 0 Å². The molecule has 2 aromatic rings. The van der Waals surface area contributed by atoms with E-state index in [0.29, 0.717) is 11.3 Å². The normalized spacial score (nSPS) is 10.3. The lowest BCUT2D eigenvalue weighted by atomic mass is 10.1. The maximum atomic E-state index is 13.6. The summed E-state index contributed by atoms with van der Waals surface area (Å²) in [5, 5.41) is 0. The van der Waals surface area contributed by atoms with Gasteiger partial charge in [-0.25, -0.2) is 13.8 Å². The lowest BCUT2D eigenvalue weighted by molar-refractivity contribution is 0.399. The molecule has 0 amide bonds. The quantitative estimate of drug-likeness (QED) is 0.871. The second-order valence-electron chi connectivity index (χ2n) is 3.43. The van der Waals surface area contributed by atoms with Gasteiger partial charge in [-0.15, -0.1) is 0 Å². The van der Waals surface area contributed by atoms with Gasteiger partial charge in [-0.05, 0) is 12.1 Å². The third kappa shape index (κ3) is 2.04. The number of nitrogen functional groups attached to an aromatic ring is 1. The number of anilines is 1. The molecule has 1 heterocycles. The van der Waals surface area contributed by atoms with E-state index in [2.05, 4.69) is 4.98 Å². The Morgan fingerprint density at radius 2 is 2.00 bits per heavy atom. The van der Waals surface area contributed by atoms with Crippen molar-refractivity contribution in [3.63, 3.8) is 0 Å². The maximum Gasteiger partial charge on any atom is 0.221 e. The van der Waals surface area contributed by atoms with Crippen LogP contribution in [0.4, 0.5) is 14.5 Å². The van der Waals surface area contributed by atoms with E-state index >= 15 is 0 Å². The van der Waals surface area contributed by atoms with Crippen LogP contribution in [0.3, 0.4) is 0 Å². The molecule has 0 spiro atoms. The van der Waals surface area contributed by atoms with Crippen LogP contribution in [-0.4, -0.2) is 12.1 Å². The van der Waals surface area contributed by atoms with E-state index in [-0.39, 0.29) is 11.4 Å². The monoisotopic (exact) mass is 236 g/mol. The first-order valence-corrected chi connectivity index (χ1v) is 4.87. The van der Waals surface area contributed by atoms with E-state index in [4.69, 9.17) is 10.5 Å². The molecule has 0 aliphatic heterocycles. The van der Waals surface area contributed by atoms with E-state index in [1.807, 2.05) is 0 Å². The number of methoxy groups -OCH3 is 1. The molecule has 0 radical (unpaired) electrons. The highest BCUT2D eigenvalue weighted by Gasteiger charge is 2.14. The van der Waals surface area contributed by atoms with Crippen LogP contribution in [0.25, 0.3) is 11.1 Å². The minimum atomic E-state index is -0.946. The van der Waals surface area contributed by atoms with Crippen molar-refractivity contribution in [3.05, 3.63) is 42.1 Å². The second-order valence-corrected chi connectivity index (χ2v) is 3.43. The van der Waals surface area contributed by atoms with Gasteiger partial charge in [-0.2, -0.15) is 0 Å². The van der Waals surface area contributed by atoms with Gasteiger partial charge in [0.05, 0.1) is 19.0 Å². The summed E-state index contributed by atoms with van der Waals surface area (Å²) in [5.41, 5.74) is 6.32. The van der Waals surface area contributed by atoms with E-state index in [1.165, 1.54) is 31.5 Å². The zero-order chi connectivity index (χ0) is 12.4. The molecule has 0 unspecified atom stereocenters. The van der Waals surface area contributed by atoms with Crippen LogP contribution in [0.1, 0.15) is 0 Å². The summed E-state index contributed by atoms with van der Waals surface area (Å²) in [5.74, 6) is -1.67. The Morgan fingerprint density at radius 1 is 1.24 bits per heavy atom. The van der Waals surface area contributed by atoms with Crippen molar-refractivity contribution in [3.8, 4) is 17.0 Å².